The SMILES string of the molecule is Cc1cccc(Cc2ccsc2CN)c1.Cl. The van der Waals surface area contributed by atoms with Crippen molar-refractivity contribution >= 4 is 23.7 Å². The lowest BCUT2D eigenvalue weighted by Crippen LogP contribution is -1.98. The molecule has 0 radical (unpaired) electrons. The number of hydrogen-bond acceptors (Lipinski definition) is 2. The van der Waals surface area contributed by atoms with Crippen molar-refractivity contribution in [2.45, 2.75) is 19.9 Å². The van der Waals surface area contributed by atoms with Crippen LogP contribution in [0.3, 0.4) is 0 Å². The summed E-state index contributed by atoms with van der Waals surface area (Å²) in [4.78, 5) is 1.30. The number of hydrogen-bond donors (Lipinski definition) is 1. The van der Waals surface area contributed by atoms with E-state index in [0.717, 1.165) is 6.42 Å². The van der Waals surface area contributed by atoms with Crippen molar-refractivity contribution in [1.82, 2.24) is 0 Å². The Labute approximate surface area is 107 Å². The zero-order chi connectivity index (χ0) is 10.7. The maximum absolute atomic E-state index is 5.69. The molecule has 16 heavy (non-hydrogen) atoms. The highest BCUT2D eigenvalue weighted by Gasteiger charge is 2.03. The molecule has 0 spiro atoms. The molecule has 0 atom stereocenters. The summed E-state index contributed by atoms with van der Waals surface area (Å²) >= 11 is 1.75. The van der Waals surface area contributed by atoms with E-state index >= 15 is 0 Å². The molecule has 2 N–H and O–H groups in total. The van der Waals surface area contributed by atoms with Gasteiger partial charge in [0.15, 0.2) is 0 Å². The molecule has 2 rings (SSSR count). The largest absolute Gasteiger partial charge is 0.326 e. The van der Waals surface area contributed by atoms with Crippen molar-refractivity contribution in [3.8, 4) is 0 Å². The fraction of sp³-hybridized carbons (Fsp3) is 0.231. The average Bonchev–Trinajstić information content (AvgIpc) is 2.65. The Morgan fingerprint density at radius 3 is 2.75 bits per heavy atom. The van der Waals surface area contributed by atoms with E-state index in [0.29, 0.717) is 6.54 Å². The Morgan fingerprint density at radius 2 is 2.06 bits per heavy atom. The molecule has 0 aliphatic heterocycles. The van der Waals surface area contributed by atoms with Gasteiger partial charge in [-0.2, -0.15) is 0 Å². The number of benzene rings is 1. The Kier molecular flexibility index (Phi) is 5.00. The predicted molar refractivity (Wildman–Crippen MR) is 73.4 cm³/mol. The van der Waals surface area contributed by atoms with Crippen LogP contribution in [0.4, 0.5) is 0 Å². The molecule has 1 nitrogen and oxygen atoms in total. The van der Waals surface area contributed by atoms with Crippen LogP contribution in [0, 0.1) is 6.92 Å². The first-order valence-electron chi connectivity index (χ1n) is 5.10. The molecule has 0 bridgehead atoms. The van der Waals surface area contributed by atoms with E-state index in [2.05, 4.69) is 42.6 Å². The van der Waals surface area contributed by atoms with Crippen molar-refractivity contribution < 1.29 is 0 Å². The maximum Gasteiger partial charge on any atom is 0.0276 e. The maximum atomic E-state index is 5.69. The molecule has 0 saturated carbocycles. The molecule has 1 aromatic carbocycles. The predicted octanol–water partition coefficient (Wildman–Crippen LogP) is 3.53. The Morgan fingerprint density at radius 1 is 1.25 bits per heavy atom. The third-order valence-electron chi connectivity index (χ3n) is 2.50. The van der Waals surface area contributed by atoms with E-state index in [1.165, 1.54) is 21.6 Å². The summed E-state index contributed by atoms with van der Waals surface area (Å²) in [6.07, 6.45) is 0.998. The van der Waals surface area contributed by atoms with Gasteiger partial charge in [0, 0.05) is 11.4 Å². The van der Waals surface area contributed by atoms with Crippen molar-refractivity contribution in [2.24, 2.45) is 5.73 Å². The van der Waals surface area contributed by atoms with Crippen LogP contribution in [0.2, 0.25) is 0 Å². The van der Waals surface area contributed by atoms with Gasteiger partial charge in [-0.05, 0) is 35.9 Å². The van der Waals surface area contributed by atoms with Crippen molar-refractivity contribution in [3.63, 3.8) is 0 Å². The second kappa shape index (κ2) is 6.04. The summed E-state index contributed by atoms with van der Waals surface area (Å²) < 4.78 is 0. The summed E-state index contributed by atoms with van der Waals surface area (Å²) in [5.74, 6) is 0. The zero-order valence-corrected chi connectivity index (χ0v) is 10.9. The average molecular weight is 254 g/mol. The Bertz CT molecular complexity index is 451. The molecule has 2 aromatic rings. The highest BCUT2D eigenvalue weighted by Crippen LogP contribution is 2.20. The van der Waals surface area contributed by atoms with E-state index in [-0.39, 0.29) is 12.4 Å². The van der Waals surface area contributed by atoms with Gasteiger partial charge in [0.1, 0.15) is 0 Å². The molecule has 0 amide bonds. The topological polar surface area (TPSA) is 26.0 Å². The van der Waals surface area contributed by atoms with E-state index in [1.807, 2.05) is 0 Å². The van der Waals surface area contributed by atoms with E-state index in [1.54, 1.807) is 11.3 Å². The van der Waals surface area contributed by atoms with Gasteiger partial charge < -0.3 is 5.73 Å². The minimum Gasteiger partial charge on any atom is -0.326 e. The van der Waals surface area contributed by atoms with Gasteiger partial charge in [-0.3, -0.25) is 0 Å². The highest BCUT2D eigenvalue weighted by molar-refractivity contribution is 7.10. The van der Waals surface area contributed by atoms with Crippen molar-refractivity contribution in [2.75, 3.05) is 0 Å². The van der Waals surface area contributed by atoms with Crippen molar-refractivity contribution in [3.05, 3.63) is 57.3 Å². The Balaban J connectivity index is 0.00000128. The van der Waals surface area contributed by atoms with Gasteiger partial charge in [0.05, 0.1) is 0 Å². The number of nitrogens with two attached hydrogens (primary N) is 1. The Hall–Kier alpha value is -0.830. The van der Waals surface area contributed by atoms with Crippen LogP contribution in [0.15, 0.2) is 35.7 Å². The molecule has 86 valence electrons. The first-order valence-corrected chi connectivity index (χ1v) is 5.98. The lowest BCUT2D eigenvalue weighted by molar-refractivity contribution is 1.06. The highest BCUT2D eigenvalue weighted by atomic mass is 35.5. The third-order valence-corrected chi connectivity index (χ3v) is 3.49. The molecule has 1 aromatic heterocycles. The second-order valence-electron chi connectivity index (χ2n) is 3.74. The molecular weight excluding hydrogens is 238 g/mol. The minimum absolute atomic E-state index is 0. The van der Waals surface area contributed by atoms with Gasteiger partial charge >= 0.3 is 0 Å². The van der Waals surface area contributed by atoms with E-state index in [4.69, 9.17) is 5.73 Å². The summed E-state index contributed by atoms with van der Waals surface area (Å²) in [6.45, 7) is 2.78. The van der Waals surface area contributed by atoms with Crippen LogP contribution in [0.5, 0.6) is 0 Å². The second-order valence-corrected chi connectivity index (χ2v) is 4.74. The summed E-state index contributed by atoms with van der Waals surface area (Å²) in [5.41, 5.74) is 9.74. The molecule has 0 aliphatic carbocycles. The normalized spacial score (nSPS) is 9.88. The summed E-state index contributed by atoms with van der Waals surface area (Å²) in [6, 6.07) is 10.8. The molecular formula is C13H16ClNS. The van der Waals surface area contributed by atoms with Crippen LogP contribution in [-0.4, -0.2) is 0 Å². The molecule has 0 fully saturated rings. The summed E-state index contributed by atoms with van der Waals surface area (Å²) in [7, 11) is 0. The number of aryl methyl sites for hydroxylation is 1. The van der Waals surface area contributed by atoms with Crippen LogP contribution in [-0.2, 0) is 13.0 Å². The lowest BCUT2D eigenvalue weighted by Gasteiger charge is -2.03. The van der Waals surface area contributed by atoms with Gasteiger partial charge in [0.2, 0.25) is 0 Å². The fourth-order valence-corrected chi connectivity index (χ4v) is 2.53. The third kappa shape index (κ3) is 3.08. The van der Waals surface area contributed by atoms with Gasteiger partial charge in [-0.15, -0.1) is 23.7 Å². The van der Waals surface area contributed by atoms with Gasteiger partial charge in [-0.1, -0.05) is 29.8 Å². The number of thiophene rings is 1. The number of rotatable bonds is 3. The molecule has 3 heteroatoms. The quantitative estimate of drug-likeness (QED) is 0.890. The number of halogens is 1. The fourth-order valence-electron chi connectivity index (χ4n) is 1.75. The molecule has 0 saturated heterocycles. The first kappa shape index (κ1) is 13.2. The lowest BCUT2D eigenvalue weighted by atomic mass is 10.0. The molecule has 1 heterocycles. The van der Waals surface area contributed by atoms with Crippen molar-refractivity contribution in [1.29, 1.82) is 0 Å². The van der Waals surface area contributed by atoms with Crippen LogP contribution in [0.1, 0.15) is 21.6 Å². The zero-order valence-electron chi connectivity index (χ0n) is 9.27. The van der Waals surface area contributed by atoms with E-state index < -0.39 is 0 Å². The van der Waals surface area contributed by atoms with Crippen LogP contribution in [0.25, 0.3) is 0 Å². The molecule has 0 aliphatic rings. The van der Waals surface area contributed by atoms with E-state index in [9.17, 15) is 0 Å². The smallest absolute Gasteiger partial charge is 0.0276 e. The van der Waals surface area contributed by atoms with Gasteiger partial charge in [-0.25, -0.2) is 0 Å². The standard InChI is InChI=1S/C13H15NS.ClH/c1-10-3-2-4-11(7-10)8-12-5-6-15-13(12)9-14;/h2-7H,8-9,14H2,1H3;1H. The first-order chi connectivity index (χ1) is 7.29. The van der Waals surface area contributed by atoms with Crippen LogP contribution >= 0.6 is 23.7 Å². The minimum atomic E-state index is 0. The summed E-state index contributed by atoms with van der Waals surface area (Å²) in [5, 5.41) is 2.12. The van der Waals surface area contributed by atoms with Gasteiger partial charge in [0.25, 0.3) is 0 Å². The van der Waals surface area contributed by atoms with Crippen LogP contribution < -0.4 is 5.73 Å². The molecule has 0 unspecified atom stereocenters. The monoisotopic (exact) mass is 253 g/mol.